The van der Waals surface area contributed by atoms with Gasteiger partial charge in [0, 0.05) is 12.6 Å². The van der Waals surface area contributed by atoms with E-state index in [1.54, 1.807) is 0 Å². The van der Waals surface area contributed by atoms with Crippen LogP contribution in [-0.2, 0) is 0 Å². The van der Waals surface area contributed by atoms with Crippen molar-refractivity contribution < 1.29 is 8.78 Å². The van der Waals surface area contributed by atoms with Gasteiger partial charge in [-0.25, -0.2) is 13.8 Å². The van der Waals surface area contributed by atoms with E-state index in [1.165, 1.54) is 11.8 Å². The van der Waals surface area contributed by atoms with E-state index >= 15 is 0 Å². The average Bonchev–Trinajstić information content (AvgIpc) is 2.31. The lowest BCUT2D eigenvalue weighted by atomic mass is 10.4. The molecule has 1 N–H and O–H groups in total. The van der Waals surface area contributed by atoms with Gasteiger partial charge in [-0.15, -0.1) is 11.8 Å². The molecule has 0 unspecified atom stereocenters. The van der Waals surface area contributed by atoms with Crippen molar-refractivity contribution >= 4 is 17.6 Å². The molecule has 0 aliphatic rings. The van der Waals surface area contributed by atoms with Gasteiger partial charge in [-0.1, -0.05) is 20.3 Å². The number of nitrogens with zero attached hydrogens (tertiary/aromatic N) is 1. The van der Waals surface area contributed by atoms with Gasteiger partial charge in [0.1, 0.15) is 5.03 Å². The zero-order chi connectivity index (χ0) is 12.7. The molecular formula is C12H18F2N2S. The van der Waals surface area contributed by atoms with Crippen LogP contribution in [0, 0.1) is 11.6 Å². The minimum absolute atomic E-state index is 0.146. The summed E-state index contributed by atoms with van der Waals surface area (Å²) in [5.41, 5.74) is 0. The van der Waals surface area contributed by atoms with E-state index in [2.05, 4.69) is 17.2 Å². The monoisotopic (exact) mass is 260 g/mol. The predicted molar refractivity (Wildman–Crippen MR) is 68.6 cm³/mol. The Kier molecular flexibility index (Phi) is 6.26. The third-order valence-corrected chi connectivity index (χ3v) is 3.23. The van der Waals surface area contributed by atoms with Crippen molar-refractivity contribution in [2.75, 3.05) is 17.6 Å². The summed E-state index contributed by atoms with van der Waals surface area (Å²) in [5.74, 6) is -0.257. The summed E-state index contributed by atoms with van der Waals surface area (Å²) < 4.78 is 26.8. The first-order valence-corrected chi connectivity index (χ1v) is 6.90. The predicted octanol–water partition coefficient (Wildman–Crippen LogP) is 4.07. The number of nitrogens with one attached hydrogen (secondary N) is 1. The van der Waals surface area contributed by atoms with Crippen molar-refractivity contribution in [3.63, 3.8) is 0 Å². The zero-order valence-corrected chi connectivity index (χ0v) is 11.0. The second kappa shape index (κ2) is 7.48. The van der Waals surface area contributed by atoms with Crippen LogP contribution in [0.3, 0.4) is 0 Å². The van der Waals surface area contributed by atoms with Crippen LogP contribution in [-0.4, -0.2) is 17.3 Å². The summed E-state index contributed by atoms with van der Waals surface area (Å²) >= 11 is 1.34. The van der Waals surface area contributed by atoms with Crippen molar-refractivity contribution in [1.82, 2.24) is 4.98 Å². The lowest BCUT2D eigenvalue weighted by Crippen LogP contribution is -2.06. The summed E-state index contributed by atoms with van der Waals surface area (Å²) in [6.45, 7) is 4.68. The van der Waals surface area contributed by atoms with E-state index in [1.807, 2.05) is 6.92 Å². The Hall–Kier alpha value is -0.840. The van der Waals surface area contributed by atoms with Gasteiger partial charge >= 0.3 is 0 Å². The number of rotatable bonds is 7. The molecule has 0 spiro atoms. The molecule has 17 heavy (non-hydrogen) atoms. The summed E-state index contributed by atoms with van der Waals surface area (Å²) in [4.78, 5) is 3.98. The van der Waals surface area contributed by atoms with Gasteiger partial charge in [-0.3, -0.25) is 0 Å². The number of unbranched alkanes of at least 4 members (excludes halogenated alkanes) is 1. The van der Waals surface area contributed by atoms with Gasteiger partial charge in [0.25, 0.3) is 0 Å². The van der Waals surface area contributed by atoms with Crippen LogP contribution in [0.15, 0.2) is 11.1 Å². The fourth-order valence-electron chi connectivity index (χ4n) is 1.23. The quantitative estimate of drug-likeness (QED) is 0.591. The summed E-state index contributed by atoms with van der Waals surface area (Å²) in [5, 5.41) is 3.13. The molecule has 0 amide bonds. The number of pyridine rings is 1. The Bertz CT molecular complexity index is 359. The van der Waals surface area contributed by atoms with Crippen molar-refractivity contribution in [2.24, 2.45) is 0 Å². The lowest BCUT2D eigenvalue weighted by molar-refractivity contribution is 0.551. The first kappa shape index (κ1) is 14.2. The standard InChI is InChI=1S/C12H18F2N2S/c1-3-5-7-17-12-10(14)8-9(13)11(16-12)15-6-4-2/h8H,3-7H2,1-2H3,(H,15,16). The van der Waals surface area contributed by atoms with Crippen LogP contribution >= 0.6 is 11.8 Å². The smallest absolute Gasteiger partial charge is 0.168 e. The maximum Gasteiger partial charge on any atom is 0.168 e. The van der Waals surface area contributed by atoms with E-state index in [0.717, 1.165) is 31.1 Å². The summed E-state index contributed by atoms with van der Waals surface area (Å²) in [6.07, 6.45) is 2.93. The largest absolute Gasteiger partial charge is 0.368 e. The average molecular weight is 260 g/mol. The van der Waals surface area contributed by atoms with Crippen LogP contribution in [0.25, 0.3) is 0 Å². The number of halogens is 2. The SMILES string of the molecule is CCCCSc1nc(NCCC)c(F)cc1F. The normalized spacial score (nSPS) is 10.6. The lowest BCUT2D eigenvalue weighted by Gasteiger charge is -2.08. The van der Waals surface area contributed by atoms with Gasteiger partial charge in [-0.05, 0) is 18.6 Å². The van der Waals surface area contributed by atoms with Gasteiger partial charge < -0.3 is 5.32 Å². The topological polar surface area (TPSA) is 24.9 Å². The second-order valence-electron chi connectivity index (χ2n) is 3.73. The Morgan fingerprint density at radius 3 is 2.65 bits per heavy atom. The highest BCUT2D eigenvalue weighted by Crippen LogP contribution is 2.24. The van der Waals surface area contributed by atoms with Crippen molar-refractivity contribution in [1.29, 1.82) is 0 Å². The highest BCUT2D eigenvalue weighted by atomic mass is 32.2. The molecule has 0 aromatic carbocycles. The molecule has 0 aliphatic carbocycles. The van der Waals surface area contributed by atoms with Gasteiger partial charge in [-0.2, -0.15) is 0 Å². The Balaban J connectivity index is 2.74. The van der Waals surface area contributed by atoms with Crippen LogP contribution < -0.4 is 5.32 Å². The molecule has 1 aromatic heterocycles. The van der Waals surface area contributed by atoms with E-state index in [0.29, 0.717) is 6.54 Å². The van der Waals surface area contributed by atoms with E-state index < -0.39 is 11.6 Å². The number of hydrogen-bond donors (Lipinski definition) is 1. The summed E-state index contributed by atoms with van der Waals surface area (Å²) in [6, 6.07) is 0.902. The molecule has 1 heterocycles. The number of anilines is 1. The van der Waals surface area contributed by atoms with E-state index in [9.17, 15) is 8.78 Å². The molecule has 0 aliphatic heterocycles. The fraction of sp³-hybridized carbons (Fsp3) is 0.583. The number of thioether (sulfide) groups is 1. The van der Waals surface area contributed by atoms with E-state index in [4.69, 9.17) is 0 Å². The molecule has 5 heteroatoms. The van der Waals surface area contributed by atoms with Crippen molar-refractivity contribution in [3.05, 3.63) is 17.7 Å². The third kappa shape index (κ3) is 4.50. The molecule has 0 fully saturated rings. The van der Waals surface area contributed by atoms with Gasteiger partial charge in [0.2, 0.25) is 0 Å². The molecule has 2 nitrogen and oxygen atoms in total. The second-order valence-corrected chi connectivity index (χ2v) is 4.82. The molecule has 0 bridgehead atoms. The summed E-state index contributed by atoms with van der Waals surface area (Å²) in [7, 11) is 0. The van der Waals surface area contributed by atoms with Crippen molar-refractivity contribution in [3.8, 4) is 0 Å². The fourth-order valence-corrected chi connectivity index (χ4v) is 2.21. The molecule has 0 saturated heterocycles. The number of aromatic nitrogens is 1. The molecular weight excluding hydrogens is 242 g/mol. The minimum Gasteiger partial charge on any atom is -0.368 e. The van der Waals surface area contributed by atoms with Crippen LogP contribution in [0.5, 0.6) is 0 Å². The molecule has 0 radical (unpaired) electrons. The third-order valence-electron chi connectivity index (χ3n) is 2.18. The molecule has 0 atom stereocenters. The highest BCUT2D eigenvalue weighted by molar-refractivity contribution is 7.99. The number of hydrogen-bond acceptors (Lipinski definition) is 3. The zero-order valence-electron chi connectivity index (χ0n) is 10.2. The van der Waals surface area contributed by atoms with Gasteiger partial charge in [0.15, 0.2) is 17.5 Å². The van der Waals surface area contributed by atoms with Crippen LogP contribution in [0.1, 0.15) is 33.1 Å². The Morgan fingerprint density at radius 2 is 2.00 bits per heavy atom. The Morgan fingerprint density at radius 1 is 1.24 bits per heavy atom. The van der Waals surface area contributed by atoms with Crippen LogP contribution in [0.4, 0.5) is 14.6 Å². The first-order chi connectivity index (χ1) is 8.19. The molecule has 1 aromatic rings. The van der Waals surface area contributed by atoms with Gasteiger partial charge in [0.05, 0.1) is 0 Å². The molecule has 1 rings (SSSR count). The molecule has 0 saturated carbocycles. The first-order valence-electron chi connectivity index (χ1n) is 5.91. The maximum atomic E-state index is 13.4. The highest BCUT2D eigenvalue weighted by Gasteiger charge is 2.11. The van der Waals surface area contributed by atoms with Crippen molar-refractivity contribution in [2.45, 2.75) is 38.1 Å². The molecule has 96 valence electrons. The Labute approximate surface area is 105 Å². The minimum atomic E-state index is -0.629. The van der Waals surface area contributed by atoms with E-state index in [-0.39, 0.29) is 10.8 Å². The van der Waals surface area contributed by atoms with Crippen LogP contribution in [0.2, 0.25) is 0 Å². The maximum absolute atomic E-state index is 13.4.